The Morgan fingerprint density at radius 3 is 1.93 bits per heavy atom. The first-order valence-electron chi connectivity index (χ1n) is 10.9. The first-order chi connectivity index (χ1) is 14.2. The molecule has 4 N–H and O–H groups in total. The molecule has 0 radical (unpaired) electrons. The summed E-state index contributed by atoms with van der Waals surface area (Å²) in [7, 11) is 0. The lowest BCUT2D eigenvalue weighted by molar-refractivity contribution is -0.932. The second-order valence-electron chi connectivity index (χ2n) is 8.82. The van der Waals surface area contributed by atoms with Crippen LogP contribution in [0.3, 0.4) is 0 Å². The lowest BCUT2D eigenvalue weighted by Gasteiger charge is -2.44. The van der Waals surface area contributed by atoms with Gasteiger partial charge in [0.15, 0.2) is 0 Å². The molecule has 1 unspecified atom stereocenters. The van der Waals surface area contributed by atoms with Crippen LogP contribution < -0.4 is 5.73 Å². The van der Waals surface area contributed by atoms with Gasteiger partial charge in [0, 0.05) is 47.0 Å². The van der Waals surface area contributed by atoms with Gasteiger partial charge in [-0.3, -0.25) is 0 Å². The van der Waals surface area contributed by atoms with Crippen molar-refractivity contribution >= 4 is 21.8 Å². The second-order valence-corrected chi connectivity index (χ2v) is 8.82. The Hall–Kier alpha value is -2.56. The predicted molar refractivity (Wildman–Crippen MR) is 121 cm³/mol. The zero-order chi connectivity index (χ0) is 19.7. The Morgan fingerprint density at radius 2 is 1.38 bits per heavy atom. The molecule has 29 heavy (non-hydrogen) atoms. The van der Waals surface area contributed by atoms with Crippen LogP contribution in [0.1, 0.15) is 24.0 Å². The van der Waals surface area contributed by atoms with Crippen LogP contribution in [0.2, 0.25) is 0 Å². The van der Waals surface area contributed by atoms with E-state index < -0.39 is 0 Å². The summed E-state index contributed by atoms with van der Waals surface area (Å²) in [5, 5.41) is 2.73. The SMILES string of the molecule is NC1CCC[N+](CCc2c[nH]c3ccccc23)(CCc2c[nH]c3ccccc23)C1. The van der Waals surface area contributed by atoms with Crippen LogP contribution in [0.5, 0.6) is 0 Å². The van der Waals surface area contributed by atoms with Gasteiger partial charge in [0.2, 0.25) is 0 Å². The summed E-state index contributed by atoms with van der Waals surface area (Å²) in [6.45, 7) is 4.68. The molecule has 0 amide bonds. The van der Waals surface area contributed by atoms with Crippen molar-refractivity contribution in [3.8, 4) is 0 Å². The van der Waals surface area contributed by atoms with Gasteiger partial charge in [-0.2, -0.15) is 0 Å². The molecule has 1 saturated heterocycles. The second kappa shape index (κ2) is 7.69. The van der Waals surface area contributed by atoms with Gasteiger partial charge in [0.1, 0.15) is 0 Å². The first kappa shape index (κ1) is 18.5. The molecule has 5 rings (SSSR count). The molecule has 1 fully saturated rings. The maximum Gasteiger partial charge on any atom is 0.0940 e. The number of quaternary nitrogens is 1. The van der Waals surface area contributed by atoms with Crippen molar-refractivity contribution in [2.24, 2.45) is 5.73 Å². The zero-order valence-corrected chi connectivity index (χ0v) is 17.0. The number of hydrogen-bond acceptors (Lipinski definition) is 1. The van der Waals surface area contributed by atoms with Gasteiger partial charge >= 0.3 is 0 Å². The molecule has 0 aliphatic carbocycles. The van der Waals surface area contributed by atoms with Gasteiger partial charge in [0.05, 0.1) is 32.2 Å². The Bertz CT molecular complexity index is 1030. The molecule has 1 atom stereocenters. The Morgan fingerprint density at radius 1 is 0.828 bits per heavy atom. The van der Waals surface area contributed by atoms with E-state index in [1.165, 1.54) is 52.3 Å². The van der Waals surface area contributed by atoms with Crippen LogP contribution >= 0.6 is 0 Å². The number of nitrogens with zero attached hydrogens (tertiary/aromatic N) is 1. The topological polar surface area (TPSA) is 57.6 Å². The third-order valence-corrected chi connectivity index (χ3v) is 6.89. The van der Waals surface area contributed by atoms with E-state index in [1.54, 1.807) is 0 Å². The number of benzene rings is 2. The van der Waals surface area contributed by atoms with Crippen molar-refractivity contribution in [1.29, 1.82) is 0 Å². The third-order valence-electron chi connectivity index (χ3n) is 6.89. The summed E-state index contributed by atoms with van der Waals surface area (Å²) >= 11 is 0. The van der Waals surface area contributed by atoms with E-state index in [-0.39, 0.29) is 0 Å². The van der Waals surface area contributed by atoms with E-state index in [1.807, 2.05) is 0 Å². The number of piperidine rings is 1. The van der Waals surface area contributed by atoms with Gasteiger partial charge < -0.3 is 20.2 Å². The van der Waals surface area contributed by atoms with Crippen LogP contribution in [0, 0.1) is 0 Å². The molecule has 2 aromatic heterocycles. The maximum absolute atomic E-state index is 6.46. The molecule has 1 aliphatic rings. The van der Waals surface area contributed by atoms with Gasteiger partial charge in [0.25, 0.3) is 0 Å². The molecule has 3 heterocycles. The monoisotopic (exact) mass is 387 g/mol. The highest BCUT2D eigenvalue weighted by molar-refractivity contribution is 5.83. The van der Waals surface area contributed by atoms with Crippen LogP contribution in [0.15, 0.2) is 60.9 Å². The molecule has 4 nitrogen and oxygen atoms in total. The lowest BCUT2D eigenvalue weighted by atomic mass is 9.99. The largest absolute Gasteiger partial charge is 0.361 e. The van der Waals surface area contributed by atoms with Crippen LogP contribution in [0.4, 0.5) is 0 Å². The van der Waals surface area contributed by atoms with E-state index in [2.05, 4.69) is 70.9 Å². The van der Waals surface area contributed by atoms with Gasteiger partial charge in [-0.15, -0.1) is 0 Å². The minimum atomic E-state index is 0.328. The fourth-order valence-corrected chi connectivity index (χ4v) is 5.28. The van der Waals surface area contributed by atoms with Crippen molar-refractivity contribution in [2.45, 2.75) is 31.7 Å². The molecule has 4 heteroatoms. The van der Waals surface area contributed by atoms with E-state index in [4.69, 9.17) is 5.73 Å². The summed E-state index contributed by atoms with van der Waals surface area (Å²) in [6, 6.07) is 17.6. The highest BCUT2D eigenvalue weighted by atomic mass is 15.4. The first-order valence-corrected chi connectivity index (χ1v) is 10.9. The number of nitrogens with two attached hydrogens (primary N) is 1. The van der Waals surface area contributed by atoms with E-state index >= 15 is 0 Å². The number of aromatic amines is 2. The standard InChI is InChI=1S/C25H31N4/c26-21-6-5-13-29(18-21,14-11-19-16-27-24-9-3-1-7-22(19)24)15-12-20-17-28-25-10-4-2-8-23(20)25/h1-4,7-10,16-17,21,27-28H,5-6,11-15,18,26H2/q+1. The average Bonchev–Trinajstić information content (AvgIpc) is 3.35. The third kappa shape index (κ3) is 3.70. The molecular weight excluding hydrogens is 356 g/mol. The molecule has 0 spiro atoms. The number of rotatable bonds is 6. The predicted octanol–water partition coefficient (Wildman–Crippen LogP) is 4.37. The summed E-state index contributed by atoms with van der Waals surface area (Å²) in [6.07, 6.45) is 9.01. The van der Waals surface area contributed by atoms with Crippen molar-refractivity contribution in [1.82, 2.24) is 9.97 Å². The molecule has 0 bridgehead atoms. The van der Waals surface area contributed by atoms with Crippen molar-refractivity contribution in [3.05, 3.63) is 72.1 Å². The Labute approximate surface area is 172 Å². The molecular formula is C25H31N4+. The van der Waals surface area contributed by atoms with Crippen molar-refractivity contribution < 1.29 is 4.48 Å². The molecule has 0 saturated carbocycles. The molecule has 2 aromatic carbocycles. The number of H-pyrrole nitrogens is 2. The lowest BCUT2D eigenvalue weighted by Crippen LogP contribution is -2.59. The van der Waals surface area contributed by atoms with Gasteiger partial charge in [-0.05, 0) is 36.1 Å². The van der Waals surface area contributed by atoms with E-state index in [0.29, 0.717) is 6.04 Å². The van der Waals surface area contributed by atoms with Gasteiger partial charge in [-0.1, -0.05) is 36.4 Å². The van der Waals surface area contributed by atoms with Crippen LogP contribution in [-0.2, 0) is 12.8 Å². The van der Waals surface area contributed by atoms with Crippen molar-refractivity contribution in [3.63, 3.8) is 0 Å². The Balaban J connectivity index is 1.35. The average molecular weight is 388 g/mol. The number of aromatic nitrogens is 2. The van der Waals surface area contributed by atoms with E-state index in [0.717, 1.165) is 37.0 Å². The maximum atomic E-state index is 6.46. The number of nitrogens with one attached hydrogen (secondary N) is 2. The van der Waals surface area contributed by atoms with Crippen molar-refractivity contribution in [2.75, 3.05) is 26.2 Å². The summed E-state index contributed by atoms with van der Waals surface area (Å²) < 4.78 is 1.14. The normalized spacial score (nSPS) is 19.1. The summed E-state index contributed by atoms with van der Waals surface area (Å²) in [4.78, 5) is 6.87. The van der Waals surface area contributed by atoms with Crippen LogP contribution in [0.25, 0.3) is 21.8 Å². The summed E-state index contributed by atoms with van der Waals surface area (Å²) in [5.41, 5.74) is 11.8. The number of fused-ring (bicyclic) bond motifs is 2. The van der Waals surface area contributed by atoms with Crippen LogP contribution in [-0.4, -0.2) is 46.7 Å². The fourth-order valence-electron chi connectivity index (χ4n) is 5.28. The number of likely N-dealkylation sites (tertiary alicyclic amines) is 1. The Kier molecular flexibility index (Phi) is 4.90. The molecule has 4 aromatic rings. The zero-order valence-electron chi connectivity index (χ0n) is 17.0. The quantitative estimate of drug-likeness (QED) is 0.423. The van der Waals surface area contributed by atoms with E-state index in [9.17, 15) is 0 Å². The minimum Gasteiger partial charge on any atom is -0.361 e. The highest BCUT2D eigenvalue weighted by Gasteiger charge is 2.33. The molecule has 150 valence electrons. The number of hydrogen-bond donors (Lipinski definition) is 3. The summed E-state index contributed by atoms with van der Waals surface area (Å²) in [5.74, 6) is 0. The minimum absolute atomic E-state index is 0.328. The smallest absolute Gasteiger partial charge is 0.0940 e. The fraction of sp³-hybridized carbons (Fsp3) is 0.360. The van der Waals surface area contributed by atoms with Gasteiger partial charge in [-0.25, -0.2) is 0 Å². The number of para-hydroxylation sites is 2. The molecule has 1 aliphatic heterocycles. The highest BCUT2D eigenvalue weighted by Crippen LogP contribution is 2.25.